The number of carbonyl (C=O) groups excluding carboxylic acids is 1. The van der Waals surface area contributed by atoms with Crippen LogP contribution >= 0.6 is 11.6 Å². The third-order valence-electron chi connectivity index (χ3n) is 4.70. The predicted molar refractivity (Wildman–Crippen MR) is 107 cm³/mol. The topological polar surface area (TPSA) is 53.4 Å². The molecule has 4 rings (SSSR count). The first-order chi connectivity index (χ1) is 13.0. The van der Waals surface area contributed by atoms with Crippen LogP contribution in [0.1, 0.15) is 10.5 Å². The number of hydrogen-bond donors (Lipinski definition) is 0. The van der Waals surface area contributed by atoms with E-state index in [1.807, 2.05) is 49.5 Å². The Bertz CT molecular complexity index is 1180. The molecule has 136 valence electrons. The van der Waals surface area contributed by atoms with E-state index in [9.17, 15) is 4.79 Å². The number of aryl methyl sites for hydroxylation is 1. The van der Waals surface area contributed by atoms with E-state index in [1.165, 1.54) is 7.11 Å². The Hall–Kier alpha value is -3.05. The van der Waals surface area contributed by atoms with E-state index in [0.717, 1.165) is 33.1 Å². The van der Waals surface area contributed by atoms with Gasteiger partial charge in [-0.1, -0.05) is 11.6 Å². The summed E-state index contributed by atoms with van der Waals surface area (Å²) in [5, 5.41) is 2.50. The third-order valence-corrected chi connectivity index (χ3v) is 4.93. The summed E-state index contributed by atoms with van der Waals surface area (Å²) < 4.78 is 12.2. The molecule has 0 N–H and O–H groups in total. The van der Waals surface area contributed by atoms with Crippen molar-refractivity contribution in [3.05, 3.63) is 59.2 Å². The highest BCUT2D eigenvalue weighted by atomic mass is 35.5. The molecule has 0 fully saturated rings. The highest BCUT2D eigenvalue weighted by Crippen LogP contribution is 2.36. The quantitative estimate of drug-likeness (QED) is 0.477. The van der Waals surface area contributed by atoms with Crippen molar-refractivity contribution in [1.29, 1.82) is 0 Å². The molecule has 0 saturated heterocycles. The van der Waals surface area contributed by atoms with E-state index in [0.29, 0.717) is 10.7 Å². The number of rotatable bonds is 3. The fourth-order valence-corrected chi connectivity index (χ4v) is 3.55. The molecule has 0 unspecified atom stereocenters. The van der Waals surface area contributed by atoms with Crippen molar-refractivity contribution in [1.82, 2.24) is 9.55 Å². The molecule has 0 saturated carbocycles. The third kappa shape index (κ3) is 2.80. The number of esters is 1. The molecule has 0 bridgehead atoms. The lowest BCUT2D eigenvalue weighted by Gasteiger charge is -2.09. The van der Waals surface area contributed by atoms with E-state index >= 15 is 0 Å². The monoisotopic (exact) mass is 380 g/mol. The standard InChI is InChI=1S/C21H17ClN2O3/c1-24-18-9-6-13(22)10-15(18)16-11-17(21(25)27-3)23-19(20(16)24)12-4-7-14(26-2)8-5-12/h4-11H,1-3H3. The van der Waals surface area contributed by atoms with Gasteiger partial charge in [-0.15, -0.1) is 0 Å². The van der Waals surface area contributed by atoms with E-state index < -0.39 is 5.97 Å². The number of nitrogens with zero attached hydrogens (tertiary/aromatic N) is 2. The molecule has 0 atom stereocenters. The van der Waals surface area contributed by atoms with Crippen molar-refractivity contribution >= 4 is 39.4 Å². The van der Waals surface area contributed by atoms with Gasteiger partial charge in [0.1, 0.15) is 11.4 Å². The maximum atomic E-state index is 12.2. The predicted octanol–water partition coefficient (Wildman–Crippen LogP) is 4.84. The van der Waals surface area contributed by atoms with Crippen molar-refractivity contribution < 1.29 is 14.3 Å². The van der Waals surface area contributed by atoms with Gasteiger partial charge >= 0.3 is 5.97 Å². The number of methoxy groups -OCH3 is 2. The minimum absolute atomic E-state index is 0.253. The second-order valence-corrected chi connectivity index (χ2v) is 6.63. The molecular formula is C21H17ClN2O3. The van der Waals surface area contributed by atoms with Crippen LogP contribution in [-0.2, 0) is 11.8 Å². The average Bonchev–Trinajstić information content (AvgIpc) is 2.98. The van der Waals surface area contributed by atoms with Crippen molar-refractivity contribution in [2.45, 2.75) is 0 Å². The SMILES string of the molecule is COC(=O)c1cc2c3cc(Cl)ccc3n(C)c2c(-c2ccc(OC)cc2)n1. The molecule has 0 aliphatic rings. The summed E-state index contributed by atoms with van der Waals surface area (Å²) in [4.78, 5) is 16.8. The number of carbonyl (C=O) groups is 1. The van der Waals surface area contributed by atoms with E-state index in [-0.39, 0.29) is 5.69 Å². The number of pyridine rings is 1. The Morgan fingerprint density at radius 3 is 2.44 bits per heavy atom. The van der Waals surface area contributed by atoms with Crippen LogP contribution < -0.4 is 4.74 Å². The summed E-state index contributed by atoms with van der Waals surface area (Å²) in [5.41, 5.74) is 3.76. The molecule has 2 aromatic heterocycles. The largest absolute Gasteiger partial charge is 0.497 e. The molecule has 2 heterocycles. The molecule has 0 aliphatic heterocycles. The van der Waals surface area contributed by atoms with Crippen LogP contribution in [0.25, 0.3) is 33.1 Å². The zero-order valence-corrected chi connectivity index (χ0v) is 15.9. The summed E-state index contributed by atoms with van der Waals surface area (Å²) in [6.45, 7) is 0. The van der Waals surface area contributed by atoms with Gasteiger partial charge < -0.3 is 14.0 Å². The van der Waals surface area contributed by atoms with Crippen LogP contribution in [0.2, 0.25) is 5.02 Å². The highest BCUT2D eigenvalue weighted by molar-refractivity contribution is 6.32. The highest BCUT2D eigenvalue weighted by Gasteiger charge is 2.19. The Kier molecular flexibility index (Phi) is 4.24. The normalized spacial score (nSPS) is 11.1. The summed E-state index contributed by atoms with van der Waals surface area (Å²) in [6, 6.07) is 15.1. The first-order valence-electron chi connectivity index (χ1n) is 8.35. The summed E-state index contributed by atoms with van der Waals surface area (Å²) >= 11 is 6.22. The van der Waals surface area contributed by atoms with E-state index in [2.05, 4.69) is 9.55 Å². The van der Waals surface area contributed by atoms with Gasteiger partial charge in [0.05, 0.1) is 25.4 Å². The minimum atomic E-state index is -0.481. The molecule has 6 heteroatoms. The lowest BCUT2D eigenvalue weighted by molar-refractivity contribution is 0.0594. The molecule has 5 nitrogen and oxygen atoms in total. The molecule has 4 aromatic rings. The van der Waals surface area contributed by atoms with Crippen LogP contribution in [0.4, 0.5) is 0 Å². The van der Waals surface area contributed by atoms with Crippen LogP contribution in [0.15, 0.2) is 48.5 Å². The first kappa shape index (κ1) is 17.4. The summed E-state index contributed by atoms with van der Waals surface area (Å²) in [6.07, 6.45) is 0. The van der Waals surface area contributed by atoms with Crippen LogP contribution in [0, 0.1) is 0 Å². The number of benzene rings is 2. The number of aromatic nitrogens is 2. The van der Waals surface area contributed by atoms with Gasteiger partial charge in [0.2, 0.25) is 0 Å². The van der Waals surface area contributed by atoms with Gasteiger partial charge in [-0.25, -0.2) is 9.78 Å². The first-order valence-corrected chi connectivity index (χ1v) is 8.72. The molecule has 27 heavy (non-hydrogen) atoms. The van der Waals surface area contributed by atoms with Crippen LogP contribution in [-0.4, -0.2) is 29.7 Å². The summed E-state index contributed by atoms with van der Waals surface area (Å²) in [7, 11) is 4.95. The summed E-state index contributed by atoms with van der Waals surface area (Å²) in [5.74, 6) is 0.272. The van der Waals surface area contributed by atoms with Crippen molar-refractivity contribution in [2.24, 2.45) is 7.05 Å². The number of hydrogen-bond acceptors (Lipinski definition) is 4. The van der Waals surface area contributed by atoms with Crippen LogP contribution in [0.3, 0.4) is 0 Å². The zero-order valence-electron chi connectivity index (χ0n) is 15.1. The van der Waals surface area contributed by atoms with Gasteiger partial charge in [0, 0.05) is 33.9 Å². The number of ether oxygens (including phenoxy) is 2. The Balaban J connectivity index is 2.11. The van der Waals surface area contributed by atoms with Crippen molar-refractivity contribution in [3.8, 4) is 17.0 Å². The van der Waals surface area contributed by atoms with Gasteiger partial charge in [-0.3, -0.25) is 0 Å². The van der Waals surface area contributed by atoms with Crippen molar-refractivity contribution in [3.63, 3.8) is 0 Å². The maximum Gasteiger partial charge on any atom is 0.356 e. The molecule has 2 aromatic carbocycles. The second kappa shape index (κ2) is 6.59. The Morgan fingerprint density at radius 1 is 1.04 bits per heavy atom. The lowest BCUT2D eigenvalue weighted by atomic mass is 10.1. The Morgan fingerprint density at radius 2 is 1.78 bits per heavy atom. The molecule has 0 radical (unpaired) electrons. The molecule has 0 aliphatic carbocycles. The fourth-order valence-electron chi connectivity index (χ4n) is 3.38. The molecule has 0 amide bonds. The second-order valence-electron chi connectivity index (χ2n) is 6.19. The number of fused-ring (bicyclic) bond motifs is 3. The fraction of sp³-hybridized carbons (Fsp3) is 0.143. The number of halogens is 1. The maximum absolute atomic E-state index is 12.2. The zero-order chi connectivity index (χ0) is 19.1. The average molecular weight is 381 g/mol. The van der Waals surface area contributed by atoms with Gasteiger partial charge in [-0.05, 0) is 48.5 Å². The molecular weight excluding hydrogens is 364 g/mol. The minimum Gasteiger partial charge on any atom is -0.497 e. The van der Waals surface area contributed by atoms with Gasteiger partial charge in [0.15, 0.2) is 0 Å². The van der Waals surface area contributed by atoms with E-state index in [1.54, 1.807) is 13.2 Å². The van der Waals surface area contributed by atoms with E-state index in [4.69, 9.17) is 21.1 Å². The van der Waals surface area contributed by atoms with Crippen molar-refractivity contribution in [2.75, 3.05) is 14.2 Å². The van der Waals surface area contributed by atoms with Gasteiger partial charge in [0.25, 0.3) is 0 Å². The van der Waals surface area contributed by atoms with Crippen LogP contribution in [0.5, 0.6) is 5.75 Å². The smallest absolute Gasteiger partial charge is 0.356 e. The lowest BCUT2D eigenvalue weighted by Crippen LogP contribution is -2.06. The molecule has 0 spiro atoms. The van der Waals surface area contributed by atoms with Gasteiger partial charge in [-0.2, -0.15) is 0 Å². The Labute approximate surface area is 161 Å².